The highest BCUT2D eigenvalue weighted by Crippen LogP contribution is 2.33. The number of hydrogen-bond donors (Lipinski definition) is 3. The third kappa shape index (κ3) is 9.10. The minimum absolute atomic E-state index is 0.0551. The second-order valence-corrected chi connectivity index (χ2v) is 9.30. The van der Waals surface area contributed by atoms with E-state index in [0.717, 1.165) is 19.1 Å². The van der Waals surface area contributed by atoms with Gasteiger partial charge in [0.15, 0.2) is 11.5 Å². The molecule has 0 saturated carbocycles. The first kappa shape index (κ1) is 31.9. The Bertz CT molecular complexity index is 808. The molecule has 1 rings (SSSR count). The summed E-state index contributed by atoms with van der Waals surface area (Å²) in [6.07, 6.45) is -4.38. The number of methoxy groups -OCH3 is 3. The van der Waals surface area contributed by atoms with Crippen molar-refractivity contribution in [1.82, 2.24) is 5.32 Å². The van der Waals surface area contributed by atoms with Crippen LogP contribution in [0.3, 0.4) is 0 Å². The monoisotopic (exact) mass is 522 g/mol. The van der Waals surface area contributed by atoms with Crippen LogP contribution in [0.15, 0.2) is 18.2 Å². The van der Waals surface area contributed by atoms with Gasteiger partial charge in [-0.05, 0) is 49.3 Å². The average Bonchev–Trinajstić information content (AvgIpc) is 2.83. The summed E-state index contributed by atoms with van der Waals surface area (Å²) >= 11 is 0. The van der Waals surface area contributed by atoms with Gasteiger partial charge in [-0.2, -0.15) is 13.2 Å². The van der Waals surface area contributed by atoms with Crippen LogP contribution >= 0.6 is 0 Å². The second kappa shape index (κ2) is 14.6. The maximum Gasteiger partial charge on any atom is 0.426 e. The number of ether oxygens (including phenoxy) is 4. The number of nitrogens with one attached hydrogen (secondary N) is 1. The van der Waals surface area contributed by atoms with Crippen LogP contribution in [0.25, 0.3) is 0 Å². The number of aliphatic hydroxyl groups is 1. The Labute approximate surface area is 211 Å². The summed E-state index contributed by atoms with van der Waals surface area (Å²) < 4.78 is 60.2. The Hall–Kier alpha value is -2.08. The Morgan fingerprint density at radius 2 is 1.81 bits per heavy atom. The van der Waals surface area contributed by atoms with Gasteiger partial charge in [-0.15, -0.1) is 0 Å². The Balaban J connectivity index is 2.81. The number of carbonyl (C=O) groups is 1. The third-order valence-corrected chi connectivity index (χ3v) is 6.34. The zero-order chi connectivity index (χ0) is 27.5. The van der Waals surface area contributed by atoms with Crippen molar-refractivity contribution in [2.45, 2.75) is 64.0 Å². The van der Waals surface area contributed by atoms with E-state index in [4.69, 9.17) is 19.9 Å². The highest BCUT2D eigenvalue weighted by Gasteiger charge is 2.57. The van der Waals surface area contributed by atoms with Gasteiger partial charge in [-0.3, -0.25) is 4.79 Å². The van der Waals surface area contributed by atoms with Gasteiger partial charge >= 0.3 is 6.18 Å². The molecule has 11 heteroatoms. The van der Waals surface area contributed by atoms with Crippen LogP contribution in [0, 0.1) is 11.8 Å². The number of nitrogens with two attached hydrogens (primary N) is 1. The molecule has 0 unspecified atom stereocenters. The first-order valence-corrected chi connectivity index (χ1v) is 11.9. The summed E-state index contributed by atoms with van der Waals surface area (Å²) in [5.41, 5.74) is 4.16. The molecule has 0 aromatic heterocycles. The molecule has 1 amide bonds. The molecular weight excluding hydrogens is 481 g/mol. The van der Waals surface area contributed by atoms with Gasteiger partial charge in [0.05, 0.1) is 19.8 Å². The highest BCUT2D eigenvalue weighted by atomic mass is 19.4. The van der Waals surface area contributed by atoms with Crippen molar-refractivity contribution in [3.8, 4) is 11.5 Å². The molecule has 0 saturated heterocycles. The van der Waals surface area contributed by atoms with Gasteiger partial charge in [0, 0.05) is 39.8 Å². The van der Waals surface area contributed by atoms with Crippen molar-refractivity contribution in [2.24, 2.45) is 17.6 Å². The summed E-state index contributed by atoms with van der Waals surface area (Å²) in [5, 5.41) is 12.6. The first-order valence-electron chi connectivity index (χ1n) is 11.9. The lowest BCUT2D eigenvalue weighted by Crippen LogP contribution is -2.58. The smallest absolute Gasteiger partial charge is 0.426 e. The van der Waals surface area contributed by atoms with E-state index < -0.39 is 36.4 Å². The first-order chi connectivity index (χ1) is 16.8. The van der Waals surface area contributed by atoms with E-state index in [1.54, 1.807) is 14.2 Å². The molecule has 0 spiro atoms. The standard InChI is InChI=1S/C25H41F3N2O6/c1-16(2)18(12-17-8-9-21(34-5)22(13-17)36-11-7-10-33-4)14-19(29)20(31)15-30-23(32)24(3,35-6)25(26,27)28/h8-9,13,16,18-20,31H,7,10-12,14-15,29H2,1-6H3,(H,30,32)/t18-,19-,20-,24-/m0/s1. The molecule has 0 heterocycles. The second-order valence-electron chi connectivity index (χ2n) is 9.30. The molecule has 4 atom stereocenters. The van der Waals surface area contributed by atoms with Gasteiger partial charge in [-0.25, -0.2) is 0 Å². The number of halogens is 3. The van der Waals surface area contributed by atoms with Crippen molar-refractivity contribution in [2.75, 3.05) is 41.1 Å². The fourth-order valence-corrected chi connectivity index (χ4v) is 3.60. The number of alkyl halides is 3. The van der Waals surface area contributed by atoms with Crippen molar-refractivity contribution in [3.63, 3.8) is 0 Å². The number of amides is 1. The molecule has 1 aromatic carbocycles. The van der Waals surface area contributed by atoms with Crippen LogP contribution in [-0.4, -0.2) is 76.0 Å². The van der Waals surface area contributed by atoms with Gasteiger partial charge in [-0.1, -0.05) is 19.9 Å². The molecule has 1 aromatic rings. The SMILES string of the molecule is COCCCOc1cc(C[C@@H](C[C@H](N)[C@@H](O)CNC(=O)[C@](C)(OC)C(F)(F)F)C(C)C)ccc1OC. The van der Waals surface area contributed by atoms with Gasteiger partial charge in [0.25, 0.3) is 5.91 Å². The maximum absolute atomic E-state index is 13.2. The molecule has 0 radical (unpaired) electrons. The average molecular weight is 523 g/mol. The molecule has 0 aliphatic heterocycles. The molecule has 0 aliphatic carbocycles. The van der Waals surface area contributed by atoms with Crippen LogP contribution in [0.2, 0.25) is 0 Å². The van der Waals surface area contributed by atoms with Crippen molar-refractivity contribution < 1.29 is 42.0 Å². The highest BCUT2D eigenvalue weighted by molar-refractivity contribution is 5.85. The van der Waals surface area contributed by atoms with E-state index in [-0.39, 0.29) is 11.8 Å². The van der Waals surface area contributed by atoms with E-state index in [9.17, 15) is 23.1 Å². The molecular formula is C25H41F3N2O6. The van der Waals surface area contributed by atoms with E-state index in [2.05, 4.69) is 10.1 Å². The van der Waals surface area contributed by atoms with E-state index in [1.165, 1.54) is 0 Å². The fraction of sp³-hybridized carbons (Fsp3) is 0.720. The summed E-state index contributed by atoms with van der Waals surface area (Å²) in [5.74, 6) is 0.0986. The molecule has 0 bridgehead atoms. The molecule has 0 aliphatic rings. The van der Waals surface area contributed by atoms with Crippen molar-refractivity contribution >= 4 is 5.91 Å². The van der Waals surface area contributed by atoms with Crippen molar-refractivity contribution in [3.05, 3.63) is 23.8 Å². The Morgan fingerprint density at radius 3 is 2.33 bits per heavy atom. The van der Waals surface area contributed by atoms with Gasteiger partial charge in [0.1, 0.15) is 0 Å². The van der Waals surface area contributed by atoms with Crippen molar-refractivity contribution in [1.29, 1.82) is 0 Å². The maximum atomic E-state index is 13.2. The van der Waals surface area contributed by atoms with Gasteiger partial charge in [0.2, 0.25) is 5.60 Å². The molecule has 8 nitrogen and oxygen atoms in total. The lowest BCUT2D eigenvalue weighted by atomic mass is 9.83. The summed E-state index contributed by atoms with van der Waals surface area (Å²) in [7, 11) is 4.00. The minimum atomic E-state index is -4.91. The summed E-state index contributed by atoms with van der Waals surface area (Å²) in [6, 6.07) is 4.91. The van der Waals surface area contributed by atoms with Crippen LogP contribution in [0.4, 0.5) is 13.2 Å². The quantitative estimate of drug-likeness (QED) is 0.286. The van der Waals surface area contributed by atoms with Gasteiger partial charge < -0.3 is 35.1 Å². The van der Waals surface area contributed by atoms with E-state index in [0.29, 0.717) is 44.5 Å². The molecule has 208 valence electrons. The number of aliphatic hydroxyl groups excluding tert-OH is 1. The Kier molecular flexibility index (Phi) is 13.0. The fourth-order valence-electron chi connectivity index (χ4n) is 3.60. The van der Waals surface area contributed by atoms with E-state index >= 15 is 0 Å². The number of benzene rings is 1. The Morgan fingerprint density at radius 1 is 1.14 bits per heavy atom. The van der Waals surface area contributed by atoms with Crippen LogP contribution in [-0.2, 0) is 20.7 Å². The lowest BCUT2D eigenvalue weighted by molar-refractivity contribution is -0.253. The predicted molar refractivity (Wildman–Crippen MR) is 130 cm³/mol. The van der Waals surface area contributed by atoms with E-state index in [1.807, 2.05) is 32.0 Å². The summed E-state index contributed by atoms with van der Waals surface area (Å²) in [4.78, 5) is 12.1. The third-order valence-electron chi connectivity index (χ3n) is 6.34. The topological polar surface area (TPSA) is 112 Å². The van der Waals surface area contributed by atoms with Crippen LogP contribution in [0.5, 0.6) is 11.5 Å². The molecule has 36 heavy (non-hydrogen) atoms. The zero-order valence-electron chi connectivity index (χ0n) is 22.0. The van der Waals surface area contributed by atoms with Crippen LogP contribution < -0.4 is 20.5 Å². The number of rotatable bonds is 16. The molecule has 4 N–H and O–H groups in total. The number of hydrogen-bond acceptors (Lipinski definition) is 7. The lowest BCUT2D eigenvalue weighted by Gasteiger charge is -2.31. The predicted octanol–water partition coefficient (Wildman–Crippen LogP) is 3.09. The molecule has 0 fully saturated rings. The van der Waals surface area contributed by atoms with Crippen LogP contribution in [0.1, 0.15) is 39.2 Å². The largest absolute Gasteiger partial charge is 0.493 e. The summed E-state index contributed by atoms with van der Waals surface area (Å²) in [6.45, 7) is 5.32. The zero-order valence-corrected chi connectivity index (χ0v) is 22.0. The normalized spacial score (nSPS) is 16.2. The minimum Gasteiger partial charge on any atom is -0.493 e. The number of carbonyl (C=O) groups excluding carboxylic acids is 1.